The van der Waals surface area contributed by atoms with Gasteiger partial charge in [0, 0.05) is 11.3 Å². The number of carbonyl (C=O) groups is 3. The molecule has 12 heteroatoms. The Kier molecular flexibility index (Phi) is 9.02. The summed E-state index contributed by atoms with van der Waals surface area (Å²) >= 11 is 5.79. The van der Waals surface area contributed by atoms with E-state index in [1.165, 1.54) is 44.6 Å². The van der Waals surface area contributed by atoms with Gasteiger partial charge in [0.1, 0.15) is 12.3 Å². The van der Waals surface area contributed by atoms with Crippen LogP contribution in [-0.2, 0) is 14.3 Å². The van der Waals surface area contributed by atoms with Crippen LogP contribution in [0.4, 0.5) is 14.5 Å². The first-order valence-electron chi connectivity index (χ1n) is 8.93. The van der Waals surface area contributed by atoms with Crippen molar-refractivity contribution in [2.24, 2.45) is 0 Å². The van der Waals surface area contributed by atoms with Crippen LogP contribution in [0.5, 0.6) is 17.2 Å². The van der Waals surface area contributed by atoms with Gasteiger partial charge in [0.25, 0.3) is 11.8 Å². The number of anilines is 1. The summed E-state index contributed by atoms with van der Waals surface area (Å²) < 4.78 is 43.6. The predicted molar refractivity (Wildman–Crippen MR) is 110 cm³/mol. The molecule has 0 saturated heterocycles. The third-order valence-corrected chi connectivity index (χ3v) is 4.13. The summed E-state index contributed by atoms with van der Waals surface area (Å²) in [7, 11) is 2.87. The first-order valence-corrected chi connectivity index (χ1v) is 9.31. The number of rotatable bonds is 10. The van der Waals surface area contributed by atoms with Crippen LogP contribution in [-0.4, -0.2) is 51.8 Å². The Morgan fingerprint density at radius 3 is 2.31 bits per heavy atom. The van der Waals surface area contributed by atoms with Crippen LogP contribution in [0.1, 0.15) is 10.4 Å². The summed E-state index contributed by atoms with van der Waals surface area (Å²) in [4.78, 5) is 35.8. The lowest BCUT2D eigenvalue weighted by Gasteiger charge is -2.11. The molecule has 2 N–H and O–H groups in total. The van der Waals surface area contributed by atoms with Gasteiger partial charge in [-0.2, -0.15) is 8.78 Å². The zero-order chi connectivity index (χ0) is 23.7. The molecule has 0 atom stereocenters. The van der Waals surface area contributed by atoms with E-state index in [-0.39, 0.29) is 22.0 Å². The van der Waals surface area contributed by atoms with E-state index >= 15 is 0 Å². The van der Waals surface area contributed by atoms with Crippen molar-refractivity contribution in [3.8, 4) is 17.2 Å². The molecule has 0 bridgehead atoms. The number of hydrogen-bond donors (Lipinski definition) is 2. The van der Waals surface area contributed by atoms with E-state index in [1.54, 1.807) is 0 Å². The van der Waals surface area contributed by atoms with Crippen molar-refractivity contribution in [3.05, 3.63) is 47.0 Å². The second-order valence-corrected chi connectivity index (χ2v) is 6.39. The Hall–Kier alpha value is -3.60. The summed E-state index contributed by atoms with van der Waals surface area (Å²) in [6.07, 6.45) is 0. The average molecular weight is 473 g/mol. The maximum absolute atomic E-state index is 12.2. The van der Waals surface area contributed by atoms with Gasteiger partial charge in [0.2, 0.25) is 0 Å². The van der Waals surface area contributed by atoms with Gasteiger partial charge in [-0.05, 0) is 36.4 Å². The number of methoxy groups -OCH3 is 2. The highest BCUT2D eigenvalue weighted by Gasteiger charge is 2.14. The number of carbonyl (C=O) groups excluding carboxylic acids is 3. The van der Waals surface area contributed by atoms with Gasteiger partial charge in [-0.1, -0.05) is 11.6 Å². The van der Waals surface area contributed by atoms with Gasteiger partial charge >= 0.3 is 12.6 Å². The van der Waals surface area contributed by atoms with Crippen molar-refractivity contribution in [2.75, 3.05) is 32.7 Å². The minimum absolute atomic E-state index is 0.141. The summed E-state index contributed by atoms with van der Waals surface area (Å²) in [6, 6.07) is 8.09. The molecule has 172 valence electrons. The van der Waals surface area contributed by atoms with Crippen molar-refractivity contribution in [2.45, 2.75) is 6.61 Å². The van der Waals surface area contributed by atoms with Gasteiger partial charge in [-0.3, -0.25) is 14.4 Å². The molecule has 0 aliphatic rings. The molecule has 2 aromatic rings. The lowest BCUT2D eigenvalue weighted by Crippen LogP contribution is -2.32. The smallest absolute Gasteiger partial charge is 0.387 e. The fraction of sp³-hybridized carbons (Fsp3) is 0.250. The van der Waals surface area contributed by atoms with E-state index < -0.39 is 37.5 Å². The van der Waals surface area contributed by atoms with Crippen molar-refractivity contribution in [3.63, 3.8) is 0 Å². The normalized spacial score (nSPS) is 10.3. The number of halogens is 3. The third kappa shape index (κ3) is 7.27. The summed E-state index contributed by atoms with van der Waals surface area (Å²) in [5, 5.41) is 4.59. The molecular formula is C20H19ClF2N2O7. The second kappa shape index (κ2) is 11.7. The van der Waals surface area contributed by atoms with Crippen LogP contribution in [0.3, 0.4) is 0 Å². The van der Waals surface area contributed by atoms with Gasteiger partial charge in [0.15, 0.2) is 18.1 Å². The van der Waals surface area contributed by atoms with E-state index in [0.717, 1.165) is 6.07 Å². The Morgan fingerprint density at radius 1 is 1.00 bits per heavy atom. The predicted octanol–water partition coefficient (Wildman–Crippen LogP) is 2.87. The van der Waals surface area contributed by atoms with Crippen molar-refractivity contribution >= 4 is 35.1 Å². The molecule has 0 heterocycles. The Balaban J connectivity index is 1.80. The fourth-order valence-corrected chi connectivity index (χ4v) is 2.62. The lowest BCUT2D eigenvalue weighted by atomic mass is 10.2. The molecule has 0 fully saturated rings. The molecule has 0 aromatic heterocycles. The molecule has 32 heavy (non-hydrogen) atoms. The van der Waals surface area contributed by atoms with Crippen molar-refractivity contribution in [1.29, 1.82) is 0 Å². The van der Waals surface area contributed by atoms with Crippen LogP contribution in [0, 0.1) is 0 Å². The van der Waals surface area contributed by atoms with Crippen LogP contribution in [0.15, 0.2) is 36.4 Å². The maximum Gasteiger partial charge on any atom is 0.387 e. The molecule has 0 saturated carbocycles. The highest BCUT2D eigenvalue weighted by atomic mass is 35.5. The van der Waals surface area contributed by atoms with Gasteiger partial charge in [-0.15, -0.1) is 0 Å². The van der Waals surface area contributed by atoms with Crippen molar-refractivity contribution in [1.82, 2.24) is 5.32 Å². The molecule has 2 rings (SSSR count). The number of esters is 1. The number of alkyl halides is 2. The molecule has 0 unspecified atom stereocenters. The SMILES string of the molecule is COc1ccc(C(=O)NCC(=O)OCC(=O)Nc2ccc(OC(F)F)c(Cl)c2)cc1OC. The van der Waals surface area contributed by atoms with Crippen LogP contribution < -0.4 is 24.8 Å². The van der Waals surface area contributed by atoms with E-state index in [1.807, 2.05) is 0 Å². The van der Waals surface area contributed by atoms with E-state index in [9.17, 15) is 23.2 Å². The monoisotopic (exact) mass is 472 g/mol. The quantitative estimate of drug-likeness (QED) is 0.511. The zero-order valence-corrected chi connectivity index (χ0v) is 17.7. The average Bonchev–Trinajstić information content (AvgIpc) is 2.77. The molecule has 9 nitrogen and oxygen atoms in total. The first kappa shape index (κ1) is 24.7. The second-order valence-electron chi connectivity index (χ2n) is 5.99. The molecule has 0 spiro atoms. The maximum atomic E-state index is 12.2. The lowest BCUT2D eigenvalue weighted by molar-refractivity contribution is -0.146. The molecular weight excluding hydrogens is 454 g/mol. The minimum Gasteiger partial charge on any atom is -0.493 e. The van der Waals surface area contributed by atoms with Gasteiger partial charge in [-0.25, -0.2) is 0 Å². The minimum atomic E-state index is -3.04. The van der Waals surface area contributed by atoms with Crippen LogP contribution in [0.25, 0.3) is 0 Å². The summed E-state index contributed by atoms with van der Waals surface area (Å²) in [5.41, 5.74) is 0.406. The third-order valence-electron chi connectivity index (χ3n) is 3.83. The largest absolute Gasteiger partial charge is 0.493 e. The summed E-state index contributed by atoms with van der Waals surface area (Å²) in [5.74, 6) is -1.60. The number of benzene rings is 2. The summed E-state index contributed by atoms with van der Waals surface area (Å²) in [6.45, 7) is -4.16. The highest BCUT2D eigenvalue weighted by molar-refractivity contribution is 6.32. The molecule has 2 amide bonds. The van der Waals surface area contributed by atoms with Gasteiger partial charge < -0.3 is 29.6 Å². The Bertz CT molecular complexity index is 988. The van der Waals surface area contributed by atoms with Crippen LogP contribution in [0.2, 0.25) is 5.02 Å². The topological polar surface area (TPSA) is 112 Å². The number of hydrogen-bond acceptors (Lipinski definition) is 7. The standard InChI is InChI=1S/C20H19ClF2N2O7/c1-29-15-5-3-11(7-16(15)30-2)19(28)24-9-18(27)31-10-17(26)25-12-4-6-14(13(21)8-12)32-20(22)23/h3-8,20H,9-10H2,1-2H3,(H,24,28)(H,25,26). The van der Waals surface area contributed by atoms with Crippen molar-refractivity contribution < 1.29 is 42.1 Å². The van der Waals surface area contributed by atoms with E-state index in [2.05, 4.69) is 15.4 Å². The van der Waals surface area contributed by atoms with Crippen LogP contribution >= 0.6 is 11.6 Å². The number of nitrogens with one attached hydrogen (secondary N) is 2. The van der Waals surface area contributed by atoms with E-state index in [0.29, 0.717) is 11.5 Å². The highest BCUT2D eigenvalue weighted by Crippen LogP contribution is 2.29. The molecule has 0 aliphatic carbocycles. The number of ether oxygens (including phenoxy) is 4. The molecule has 0 aliphatic heterocycles. The number of amides is 2. The van der Waals surface area contributed by atoms with Gasteiger partial charge in [0.05, 0.1) is 19.2 Å². The Labute approximate surface area is 186 Å². The Morgan fingerprint density at radius 2 is 1.69 bits per heavy atom. The zero-order valence-electron chi connectivity index (χ0n) is 16.9. The van der Waals surface area contributed by atoms with E-state index in [4.69, 9.17) is 25.8 Å². The first-order chi connectivity index (χ1) is 15.2. The molecule has 2 aromatic carbocycles. The molecule has 0 radical (unpaired) electrons. The fourth-order valence-electron chi connectivity index (χ4n) is 2.40.